The zero-order valence-corrected chi connectivity index (χ0v) is 13.0. The van der Waals surface area contributed by atoms with E-state index in [1.54, 1.807) is 0 Å². The van der Waals surface area contributed by atoms with Crippen molar-refractivity contribution >= 4 is 6.08 Å². The molecule has 2 aromatic rings. The Morgan fingerprint density at radius 3 is 2.96 bits per heavy atom. The smallest absolute Gasteiger partial charge is 0.127 e. The van der Waals surface area contributed by atoms with Gasteiger partial charge in [-0.15, -0.1) is 0 Å². The van der Waals surface area contributed by atoms with Gasteiger partial charge in [-0.3, -0.25) is 9.88 Å². The highest BCUT2D eigenvalue weighted by atomic mass is 16.5. The van der Waals surface area contributed by atoms with Gasteiger partial charge in [0.15, 0.2) is 0 Å². The highest BCUT2D eigenvalue weighted by Crippen LogP contribution is 2.27. The molecule has 0 spiro atoms. The third-order valence-corrected chi connectivity index (χ3v) is 4.29. The minimum Gasteiger partial charge on any atom is -0.489 e. The molecular formula is C19H20N2O2. The zero-order chi connectivity index (χ0) is 15.5. The van der Waals surface area contributed by atoms with Crippen LogP contribution in [0.3, 0.4) is 0 Å². The lowest BCUT2D eigenvalue weighted by Gasteiger charge is -2.33. The summed E-state index contributed by atoms with van der Waals surface area (Å²) < 4.78 is 11.7. The highest BCUT2D eigenvalue weighted by molar-refractivity contribution is 5.62. The lowest BCUT2D eigenvalue weighted by molar-refractivity contribution is -0.0294. The monoisotopic (exact) mass is 308 g/mol. The second-order valence-electron chi connectivity index (χ2n) is 5.98. The Labute approximate surface area is 136 Å². The number of morpholine rings is 1. The van der Waals surface area contributed by atoms with Crippen LogP contribution in [0, 0.1) is 0 Å². The molecule has 2 aliphatic rings. The summed E-state index contributed by atoms with van der Waals surface area (Å²) in [6.45, 7) is 4.15. The molecule has 1 aromatic carbocycles. The van der Waals surface area contributed by atoms with Crippen molar-refractivity contribution in [3.63, 3.8) is 0 Å². The summed E-state index contributed by atoms with van der Waals surface area (Å²) >= 11 is 0. The molecule has 0 aliphatic carbocycles. The summed E-state index contributed by atoms with van der Waals surface area (Å²) in [5.41, 5.74) is 3.49. The van der Waals surface area contributed by atoms with Gasteiger partial charge in [0.05, 0.1) is 12.3 Å². The molecule has 118 valence electrons. The SMILES string of the molecule is C1=C(CN2CCOC(c3ccccn3)C2)COc2ccccc21. The number of hydrogen-bond acceptors (Lipinski definition) is 4. The molecule has 0 N–H and O–H groups in total. The van der Waals surface area contributed by atoms with E-state index < -0.39 is 0 Å². The summed E-state index contributed by atoms with van der Waals surface area (Å²) in [5.74, 6) is 0.976. The number of hydrogen-bond donors (Lipinski definition) is 0. The number of aromatic nitrogens is 1. The zero-order valence-electron chi connectivity index (χ0n) is 13.0. The standard InChI is InChI=1S/C19H20N2O2/c1-2-7-18-16(5-1)11-15(14-23-18)12-21-9-10-22-19(13-21)17-6-3-4-8-20-17/h1-8,11,19H,9-10,12-14H2. The molecule has 0 bridgehead atoms. The number of ether oxygens (including phenoxy) is 2. The predicted octanol–water partition coefficient (Wildman–Crippen LogP) is 2.93. The largest absolute Gasteiger partial charge is 0.489 e. The second kappa shape index (κ2) is 6.52. The number of rotatable bonds is 3. The second-order valence-corrected chi connectivity index (χ2v) is 5.98. The Kier molecular flexibility index (Phi) is 4.09. The van der Waals surface area contributed by atoms with Gasteiger partial charge >= 0.3 is 0 Å². The number of para-hydroxylation sites is 1. The predicted molar refractivity (Wildman–Crippen MR) is 89.3 cm³/mol. The van der Waals surface area contributed by atoms with E-state index in [-0.39, 0.29) is 6.10 Å². The third kappa shape index (κ3) is 3.28. The Morgan fingerprint density at radius 2 is 2.04 bits per heavy atom. The molecular weight excluding hydrogens is 288 g/mol. The van der Waals surface area contributed by atoms with Gasteiger partial charge in [0, 0.05) is 31.4 Å². The first-order valence-electron chi connectivity index (χ1n) is 8.05. The maximum atomic E-state index is 5.88. The Morgan fingerprint density at radius 1 is 1.13 bits per heavy atom. The molecule has 4 nitrogen and oxygen atoms in total. The van der Waals surface area contributed by atoms with Crippen LogP contribution in [0.15, 0.2) is 54.2 Å². The first-order valence-corrected chi connectivity index (χ1v) is 8.05. The van der Waals surface area contributed by atoms with E-state index in [1.165, 1.54) is 11.1 Å². The van der Waals surface area contributed by atoms with Crippen molar-refractivity contribution in [2.45, 2.75) is 6.10 Å². The van der Waals surface area contributed by atoms with Crippen molar-refractivity contribution in [3.8, 4) is 5.75 Å². The van der Waals surface area contributed by atoms with Gasteiger partial charge in [-0.2, -0.15) is 0 Å². The van der Waals surface area contributed by atoms with Crippen molar-refractivity contribution in [2.75, 3.05) is 32.8 Å². The van der Waals surface area contributed by atoms with Crippen LogP contribution in [0.4, 0.5) is 0 Å². The Hall–Kier alpha value is -2.17. The number of benzene rings is 1. The molecule has 4 rings (SSSR count). The highest BCUT2D eigenvalue weighted by Gasteiger charge is 2.24. The molecule has 1 saturated heterocycles. The van der Waals surface area contributed by atoms with Crippen LogP contribution < -0.4 is 4.74 Å². The molecule has 4 heteroatoms. The molecule has 0 saturated carbocycles. The van der Waals surface area contributed by atoms with Crippen LogP contribution >= 0.6 is 0 Å². The summed E-state index contributed by atoms with van der Waals surface area (Å²) in [6.07, 6.45) is 4.14. The molecule has 1 atom stereocenters. The summed E-state index contributed by atoms with van der Waals surface area (Å²) in [6, 6.07) is 14.2. The van der Waals surface area contributed by atoms with Gasteiger partial charge in [0.2, 0.25) is 0 Å². The first-order chi connectivity index (χ1) is 11.4. The third-order valence-electron chi connectivity index (χ3n) is 4.29. The fourth-order valence-corrected chi connectivity index (χ4v) is 3.13. The van der Waals surface area contributed by atoms with Crippen molar-refractivity contribution < 1.29 is 9.47 Å². The first kappa shape index (κ1) is 14.4. The normalized spacial score (nSPS) is 21.2. The van der Waals surface area contributed by atoms with E-state index in [0.717, 1.165) is 37.7 Å². The van der Waals surface area contributed by atoms with E-state index >= 15 is 0 Å². The molecule has 0 amide bonds. The maximum Gasteiger partial charge on any atom is 0.127 e. The van der Waals surface area contributed by atoms with Gasteiger partial charge in [0.1, 0.15) is 18.5 Å². The molecule has 2 aliphatic heterocycles. The van der Waals surface area contributed by atoms with E-state index in [9.17, 15) is 0 Å². The Bertz CT molecular complexity index is 700. The van der Waals surface area contributed by atoms with Gasteiger partial charge in [0.25, 0.3) is 0 Å². The molecule has 23 heavy (non-hydrogen) atoms. The van der Waals surface area contributed by atoms with Crippen LogP contribution in [0.1, 0.15) is 17.4 Å². The van der Waals surface area contributed by atoms with E-state index in [2.05, 4.69) is 22.0 Å². The quantitative estimate of drug-likeness (QED) is 0.873. The molecule has 1 fully saturated rings. The summed E-state index contributed by atoms with van der Waals surface area (Å²) in [7, 11) is 0. The van der Waals surface area contributed by atoms with E-state index in [0.29, 0.717) is 6.61 Å². The molecule has 0 radical (unpaired) electrons. The summed E-state index contributed by atoms with van der Waals surface area (Å²) in [4.78, 5) is 6.85. The molecule has 3 heterocycles. The number of nitrogens with zero attached hydrogens (tertiary/aromatic N) is 2. The van der Waals surface area contributed by atoms with Gasteiger partial charge in [-0.25, -0.2) is 0 Å². The average molecular weight is 308 g/mol. The van der Waals surface area contributed by atoms with Crippen LogP contribution in [0.5, 0.6) is 5.75 Å². The number of pyridine rings is 1. The van der Waals surface area contributed by atoms with Crippen LogP contribution in [-0.2, 0) is 4.74 Å². The molecule has 1 unspecified atom stereocenters. The van der Waals surface area contributed by atoms with E-state index in [1.807, 2.05) is 42.6 Å². The Balaban J connectivity index is 1.44. The average Bonchev–Trinajstić information content (AvgIpc) is 2.63. The van der Waals surface area contributed by atoms with Crippen LogP contribution in [0.2, 0.25) is 0 Å². The van der Waals surface area contributed by atoms with Crippen molar-refractivity contribution in [1.29, 1.82) is 0 Å². The van der Waals surface area contributed by atoms with Crippen molar-refractivity contribution in [1.82, 2.24) is 9.88 Å². The van der Waals surface area contributed by atoms with E-state index in [4.69, 9.17) is 9.47 Å². The van der Waals surface area contributed by atoms with Crippen molar-refractivity contribution in [3.05, 3.63) is 65.5 Å². The van der Waals surface area contributed by atoms with Crippen molar-refractivity contribution in [2.24, 2.45) is 0 Å². The lowest BCUT2D eigenvalue weighted by atomic mass is 10.1. The fraction of sp³-hybridized carbons (Fsp3) is 0.316. The van der Waals surface area contributed by atoms with Gasteiger partial charge in [-0.05, 0) is 29.8 Å². The fourth-order valence-electron chi connectivity index (χ4n) is 3.13. The lowest BCUT2D eigenvalue weighted by Crippen LogP contribution is -2.40. The van der Waals surface area contributed by atoms with Crippen LogP contribution in [0.25, 0.3) is 6.08 Å². The summed E-state index contributed by atoms with van der Waals surface area (Å²) in [5, 5.41) is 0. The van der Waals surface area contributed by atoms with Gasteiger partial charge in [-0.1, -0.05) is 24.3 Å². The number of fused-ring (bicyclic) bond motifs is 1. The minimum absolute atomic E-state index is 0.0577. The van der Waals surface area contributed by atoms with Crippen LogP contribution in [-0.4, -0.2) is 42.7 Å². The topological polar surface area (TPSA) is 34.6 Å². The minimum atomic E-state index is 0.0577. The molecule has 1 aromatic heterocycles. The van der Waals surface area contributed by atoms with Gasteiger partial charge < -0.3 is 9.47 Å². The maximum absolute atomic E-state index is 5.88.